The van der Waals surface area contributed by atoms with Crippen molar-refractivity contribution in [3.63, 3.8) is 0 Å². The Balaban J connectivity index is 2.97. The quantitative estimate of drug-likeness (QED) is 0.670. The Bertz CT molecular complexity index is 355. The minimum Gasteiger partial charge on any atom is -0.493 e. The van der Waals surface area contributed by atoms with Crippen LogP contribution < -0.4 is 4.74 Å². The molecule has 1 aromatic carbocycles. The van der Waals surface area contributed by atoms with Gasteiger partial charge in [0.2, 0.25) is 0 Å². The van der Waals surface area contributed by atoms with Gasteiger partial charge in [-0.3, -0.25) is 0 Å². The second kappa shape index (κ2) is 5.54. The first kappa shape index (κ1) is 14.0. The van der Waals surface area contributed by atoms with Gasteiger partial charge in [-0.15, -0.1) is 0 Å². The van der Waals surface area contributed by atoms with Gasteiger partial charge in [0.1, 0.15) is 5.75 Å². The van der Waals surface area contributed by atoms with Gasteiger partial charge < -0.3 is 4.74 Å². The molecular formula is C13H18Br2O. The fourth-order valence-electron chi connectivity index (χ4n) is 1.45. The van der Waals surface area contributed by atoms with E-state index in [4.69, 9.17) is 4.74 Å². The van der Waals surface area contributed by atoms with Crippen LogP contribution in [0.1, 0.15) is 38.1 Å². The first-order valence-electron chi connectivity index (χ1n) is 5.42. The van der Waals surface area contributed by atoms with Gasteiger partial charge in [0.25, 0.3) is 0 Å². The predicted molar refractivity (Wildman–Crippen MR) is 76.4 cm³/mol. The topological polar surface area (TPSA) is 9.23 Å². The second-order valence-electron chi connectivity index (χ2n) is 4.85. The largest absolute Gasteiger partial charge is 0.493 e. The average molecular weight is 350 g/mol. The lowest BCUT2D eigenvalue weighted by molar-refractivity contribution is 0.337. The van der Waals surface area contributed by atoms with Crippen molar-refractivity contribution in [3.8, 4) is 5.75 Å². The molecule has 3 heteroatoms. The summed E-state index contributed by atoms with van der Waals surface area (Å²) >= 11 is 7.28. The van der Waals surface area contributed by atoms with Gasteiger partial charge in [0, 0.05) is 4.83 Å². The summed E-state index contributed by atoms with van der Waals surface area (Å²) in [5, 5.41) is 0. The Morgan fingerprint density at radius 2 is 1.94 bits per heavy atom. The summed E-state index contributed by atoms with van der Waals surface area (Å²) in [4.78, 5) is 0.340. The van der Waals surface area contributed by atoms with Gasteiger partial charge in [-0.1, -0.05) is 42.8 Å². The zero-order valence-electron chi connectivity index (χ0n) is 10.2. The summed E-state index contributed by atoms with van der Waals surface area (Å²) in [6, 6.07) is 6.25. The van der Waals surface area contributed by atoms with Crippen molar-refractivity contribution in [3.05, 3.63) is 28.2 Å². The van der Waals surface area contributed by atoms with Crippen molar-refractivity contribution in [2.75, 3.05) is 6.61 Å². The number of halogens is 2. The molecule has 1 aromatic rings. The van der Waals surface area contributed by atoms with Crippen LogP contribution in [0.15, 0.2) is 22.7 Å². The fourth-order valence-corrected chi connectivity index (χ4v) is 2.24. The maximum atomic E-state index is 5.49. The van der Waals surface area contributed by atoms with Gasteiger partial charge in [-0.25, -0.2) is 0 Å². The first-order valence-corrected chi connectivity index (χ1v) is 7.13. The van der Waals surface area contributed by atoms with Crippen molar-refractivity contribution in [2.24, 2.45) is 5.41 Å². The maximum Gasteiger partial charge on any atom is 0.133 e. The van der Waals surface area contributed by atoms with Crippen molar-refractivity contribution >= 4 is 31.9 Å². The molecule has 1 unspecified atom stereocenters. The molecule has 0 spiro atoms. The van der Waals surface area contributed by atoms with E-state index in [0.717, 1.165) is 10.2 Å². The summed E-state index contributed by atoms with van der Waals surface area (Å²) in [5.41, 5.74) is 1.47. The van der Waals surface area contributed by atoms with E-state index >= 15 is 0 Å². The molecule has 90 valence electrons. The molecular weight excluding hydrogens is 332 g/mol. The molecule has 0 aliphatic rings. The molecule has 0 bridgehead atoms. The number of benzene rings is 1. The summed E-state index contributed by atoms with van der Waals surface area (Å²) < 4.78 is 6.51. The molecule has 0 N–H and O–H groups in total. The van der Waals surface area contributed by atoms with Crippen LogP contribution in [0.5, 0.6) is 5.75 Å². The van der Waals surface area contributed by atoms with Gasteiger partial charge in [0.05, 0.1) is 11.1 Å². The van der Waals surface area contributed by atoms with E-state index in [-0.39, 0.29) is 5.41 Å². The third-order valence-corrected chi connectivity index (χ3v) is 4.83. The van der Waals surface area contributed by atoms with E-state index in [1.165, 1.54) is 5.56 Å². The van der Waals surface area contributed by atoms with Gasteiger partial charge in [-0.05, 0) is 46.0 Å². The Labute approximate surface area is 115 Å². The fraction of sp³-hybridized carbons (Fsp3) is 0.538. The van der Waals surface area contributed by atoms with Gasteiger partial charge in [0.15, 0.2) is 0 Å². The van der Waals surface area contributed by atoms with Crippen LogP contribution in [0.3, 0.4) is 0 Å². The lowest BCUT2D eigenvalue weighted by Gasteiger charge is -2.26. The molecule has 0 aromatic heterocycles. The minimum atomic E-state index is 0.201. The highest BCUT2D eigenvalue weighted by Crippen LogP contribution is 2.41. The van der Waals surface area contributed by atoms with E-state index in [2.05, 4.69) is 64.8 Å². The lowest BCUT2D eigenvalue weighted by Crippen LogP contribution is -2.12. The molecule has 1 atom stereocenters. The van der Waals surface area contributed by atoms with Crippen molar-refractivity contribution in [1.29, 1.82) is 0 Å². The van der Waals surface area contributed by atoms with Crippen LogP contribution in [0, 0.1) is 5.41 Å². The van der Waals surface area contributed by atoms with Crippen LogP contribution in [0.4, 0.5) is 0 Å². The van der Waals surface area contributed by atoms with Gasteiger partial charge in [-0.2, -0.15) is 0 Å². The molecule has 0 aliphatic carbocycles. The van der Waals surface area contributed by atoms with Crippen molar-refractivity contribution in [2.45, 2.75) is 32.5 Å². The summed E-state index contributed by atoms with van der Waals surface area (Å²) in [6.07, 6.45) is 0. The molecule has 0 aliphatic heterocycles. The molecule has 0 radical (unpaired) electrons. The predicted octanol–water partition coefficient (Wildman–Crippen LogP) is 5.33. The Morgan fingerprint density at radius 1 is 1.31 bits per heavy atom. The smallest absolute Gasteiger partial charge is 0.133 e. The third kappa shape index (κ3) is 3.49. The minimum absolute atomic E-state index is 0.201. The molecule has 0 fully saturated rings. The van der Waals surface area contributed by atoms with E-state index in [9.17, 15) is 0 Å². The Hall–Kier alpha value is -0.0200. The second-order valence-corrected chi connectivity index (χ2v) is 6.62. The molecule has 16 heavy (non-hydrogen) atoms. The van der Waals surface area contributed by atoms with Crippen molar-refractivity contribution in [1.82, 2.24) is 0 Å². The molecule has 0 heterocycles. The van der Waals surface area contributed by atoms with E-state index in [0.29, 0.717) is 11.4 Å². The molecule has 0 saturated carbocycles. The molecule has 0 amide bonds. The number of ether oxygens (including phenoxy) is 1. The van der Waals surface area contributed by atoms with Crippen LogP contribution in [0.2, 0.25) is 0 Å². The first-order chi connectivity index (χ1) is 7.36. The number of rotatable bonds is 3. The van der Waals surface area contributed by atoms with Gasteiger partial charge >= 0.3 is 0 Å². The highest BCUT2D eigenvalue weighted by Gasteiger charge is 2.23. The normalized spacial score (nSPS) is 13.6. The monoisotopic (exact) mass is 348 g/mol. The summed E-state index contributed by atoms with van der Waals surface area (Å²) in [6.45, 7) is 9.34. The molecule has 1 rings (SSSR count). The zero-order chi connectivity index (χ0) is 12.3. The SMILES string of the molecule is CCOc1ccc(C(Br)C(C)(C)C)cc1Br. The Kier molecular flexibility index (Phi) is 4.87. The standard InChI is InChI=1S/C13H18Br2O/c1-5-16-11-7-6-9(8-10(11)14)12(15)13(2,3)4/h6-8,12H,5H2,1-4H3. The highest BCUT2D eigenvalue weighted by molar-refractivity contribution is 9.10. The van der Waals surface area contributed by atoms with Crippen LogP contribution in [0.25, 0.3) is 0 Å². The van der Waals surface area contributed by atoms with Crippen LogP contribution in [-0.4, -0.2) is 6.61 Å². The number of alkyl halides is 1. The maximum absolute atomic E-state index is 5.49. The van der Waals surface area contributed by atoms with Crippen molar-refractivity contribution < 1.29 is 4.74 Å². The average Bonchev–Trinajstić information content (AvgIpc) is 2.19. The zero-order valence-corrected chi connectivity index (χ0v) is 13.4. The third-order valence-electron chi connectivity index (χ3n) is 2.31. The lowest BCUT2D eigenvalue weighted by atomic mass is 9.88. The van der Waals surface area contributed by atoms with Crippen LogP contribution >= 0.6 is 31.9 Å². The Morgan fingerprint density at radius 3 is 2.38 bits per heavy atom. The van der Waals surface area contributed by atoms with E-state index in [1.54, 1.807) is 0 Å². The number of hydrogen-bond acceptors (Lipinski definition) is 1. The molecule has 1 nitrogen and oxygen atoms in total. The van der Waals surface area contributed by atoms with E-state index in [1.807, 2.05) is 13.0 Å². The van der Waals surface area contributed by atoms with E-state index < -0.39 is 0 Å². The summed E-state index contributed by atoms with van der Waals surface area (Å²) in [7, 11) is 0. The van der Waals surface area contributed by atoms with Crippen LogP contribution in [-0.2, 0) is 0 Å². The highest BCUT2D eigenvalue weighted by atomic mass is 79.9. The summed E-state index contributed by atoms with van der Waals surface area (Å²) in [5.74, 6) is 0.903. The number of hydrogen-bond donors (Lipinski definition) is 0. The molecule has 0 saturated heterocycles.